The van der Waals surface area contributed by atoms with E-state index in [1.165, 1.54) is 302 Å². The smallest absolute Gasteiger partial charge is 0.305 e. The molecule has 0 bridgehead atoms. The van der Waals surface area contributed by atoms with Gasteiger partial charge in [-0.05, 0) is 57.8 Å². The van der Waals surface area contributed by atoms with Crippen LogP contribution in [0, 0.1) is 0 Å². The number of allylic oxidation sites excluding steroid dienone is 5. The van der Waals surface area contributed by atoms with Gasteiger partial charge in [0.25, 0.3) is 0 Å². The van der Waals surface area contributed by atoms with Gasteiger partial charge >= 0.3 is 5.97 Å². The minimum atomic E-state index is -0.842. The lowest BCUT2D eigenvalue weighted by Gasteiger charge is -2.20. The van der Waals surface area contributed by atoms with Crippen LogP contribution in [0.4, 0.5) is 0 Å². The minimum absolute atomic E-state index is 0.00459. The number of unbranched alkanes of at least 4 members (excludes halogenated alkanes) is 50. The van der Waals surface area contributed by atoms with Gasteiger partial charge < -0.3 is 20.3 Å². The van der Waals surface area contributed by atoms with Crippen LogP contribution in [0.2, 0.25) is 0 Å². The van der Waals surface area contributed by atoms with E-state index in [4.69, 9.17) is 4.74 Å². The molecule has 0 aromatic carbocycles. The Morgan fingerprint density at radius 2 is 0.675 bits per heavy atom. The van der Waals surface area contributed by atoms with Crippen LogP contribution in [0.5, 0.6) is 0 Å². The van der Waals surface area contributed by atoms with Gasteiger partial charge in [-0.15, -0.1) is 0 Å². The summed E-state index contributed by atoms with van der Waals surface area (Å²) >= 11 is 0. The molecular formula is C71H135NO5. The van der Waals surface area contributed by atoms with Gasteiger partial charge in [-0.25, -0.2) is 0 Å². The van der Waals surface area contributed by atoms with Gasteiger partial charge in [-0.1, -0.05) is 346 Å². The van der Waals surface area contributed by atoms with Crippen molar-refractivity contribution >= 4 is 11.9 Å². The van der Waals surface area contributed by atoms with Crippen LogP contribution >= 0.6 is 0 Å². The fraction of sp³-hybridized carbons (Fsp3) is 0.887. The van der Waals surface area contributed by atoms with Crippen molar-refractivity contribution in [3.05, 3.63) is 36.5 Å². The molecule has 0 aliphatic carbocycles. The minimum Gasteiger partial charge on any atom is -0.466 e. The van der Waals surface area contributed by atoms with E-state index in [0.717, 1.165) is 51.4 Å². The molecule has 0 aromatic rings. The fourth-order valence-electron chi connectivity index (χ4n) is 10.9. The van der Waals surface area contributed by atoms with Gasteiger partial charge in [0.2, 0.25) is 5.91 Å². The number of rotatable bonds is 65. The molecule has 0 saturated heterocycles. The summed E-state index contributed by atoms with van der Waals surface area (Å²) in [5.41, 5.74) is 0. The van der Waals surface area contributed by atoms with E-state index in [-0.39, 0.29) is 18.5 Å². The number of amides is 1. The number of hydrogen-bond acceptors (Lipinski definition) is 5. The first-order valence-corrected chi connectivity index (χ1v) is 34.8. The van der Waals surface area contributed by atoms with Crippen LogP contribution in [-0.2, 0) is 14.3 Å². The van der Waals surface area contributed by atoms with Crippen LogP contribution < -0.4 is 5.32 Å². The third-order valence-electron chi connectivity index (χ3n) is 16.1. The number of carbonyl (C=O) groups excluding carboxylic acids is 2. The molecule has 0 aliphatic rings. The summed E-state index contributed by atoms with van der Waals surface area (Å²) in [4.78, 5) is 24.5. The lowest BCUT2D eigenvalue weighted by atomic mass is 10.0. The third-order valence-corrected chi connectivity index (χ3v) is 16.1. The Hall–Kier alpha value is -1.92. The fourth-order valence-corrected chi connectivity index (χ4v) is 10.9. The van der Waals surface area contributed by atoms with Gasteiger partial charge in [0.1, 0.15) is 0 Å². The standard InChI is InChI=1S/C71H135NO5/c1-3-5-7-9-11-13-15-17-18-33-36-40-43-47-51-55-59-63-69(74)68(67-73)72-70(75)64-60-56-52-48-44-41-37-34-31-29-27-25-23-21-19-20-22-24-26-28-30-32-35-38-42-46-50-54-58-62-66-77-71(76)65-61-57-53-49-45-39-16-14-12-10-8-6-4-2/h8,10,14,16,59,63,68-69,73-74H,3-7,9,11-13,15,17-58,60-62,64-67H2,1-2H3,(H,72,75)/b10-8-,16-14-,63-59+. The summed E-state index contributed by atoms with van der Waals surface area (Å²) in [6.07, 6.45) is 85.1. The molecule has 0 rings (SSSR count). The van der Waals surface area contributed by atoms with Crippen LogP contribution in [0.25, 0.3) is 0 Å². The quantitative estimate of drug-likeness (QED) is 0.0320. The summed E-state index contributed by atoms with van der Waals surface area (Å²) in [5.74, 6) is -0.0568. The Bertz CT molecular complexity index is 1250. The topological polar surface area (TPSA) is 95.9 Å². The second-order valence-electron chi connectivity index (χ2n) is 23.9. The Labute approximate surface area is 481 Å². The predicted octanol–water partition coefficient (Wildman–Crippen LogP) is 22.3. The zero-order valence-corrected chi connectivity index (χ0v) is 52.0. The molecule has 0 spiro atoms. The molecule has 454 valence electrons. The van der Waals surface area contributed by atoms with E-state index in [1.54, 1.807) is 6.08 Å². The second-order valence-corrected chi connectivity index (χ2v) is 23.9. The molecule has 0 heterocycles. The van der Waals surface area contributed by atoms with Gasteiger partial charge in [0, 0.05) is 12.8 Å². The number of esters is 1. The van der Waals surface area contributed by atoms with Crippen molar-refractivity contribution in [1.29, 1.82) is 0 Å². The highest BCUT2D eigenvalue weighted by molar-refractivity contribution is 5.76. The van der Waals surface area contributed by atoms with E-state index < -0.39 is 12.1 Å². The summed E-state index contributed by atoms with van der Waals surface area (Å²) in [5, 5.41) is 23.2. The first kappa shape index (κ1) is 75.1. The molecule has 0 aromatic heterocycles. The molecule has 0 aliphatic heterocycles. The largest absolute Gasteiger partial charge is 0.466 e. The number of ether oxygens (including phenoxy) is 1. The average molecular weight is 1080 g/mol. The number of aliphatic hydroxyl groups excluding tert-OH is 2. The highest BCUT2D eigenvalue weighted by Gasteiger charge is 2.18. The summed E-state index contributed by atoms with van der Waals surface area (Å²) in [7, 11) is 0. The predicted molar refractivity (Wildman–Crippen MR) is 338 cm³/mol. The number of hydrogen-bond donors (Lipinski definition) is 3. The molecule has 0 radical (unpaired) electrons. The average Bonchev–Trinajstić information content (AvgIpc) is 3.43. The maximum Gasteiger partial charge on any atom is 0.305 e. The van der Waals surface area contributed by atoms with Crippen molar-refractivity contribution in [1.82, 2.24) is 5.32 Å². The molecule has 0 saturated carbocycles. The Balaban J connectivity index is 3.36. The SMILES string of the molecule is CCC/C=C\C/C=C\CCCCCCCC(=O)OCCCCCCCCCCCCCCCCCCCCCCCCCCCCCCCCC(=O)NC(CO)C(O)/C=C/CCCCCCCCCCCCCCCCC. The monoisotopic (exact) mass is 1080 g/mol. The van der Waals surface area contributed by atoms with Crippen molar-refractivity contribution in [2.75, 3.05) is 13.2 Å². The summed E-state index contributed by atoms with van der Waals surface area (Å²) < 4.78 is 5.48. The summed E-state index contributed by atoms with van der Waals surface area (Å²) in [6, 6.07) is -0.625. The molecule has 6 nitrogen and oxygen atoms in total. The molecular weight excluding hydrogens is 947 g/mol. The molecule has 3 N–H and O–H groups in total. The Kier molecular flexibility index (Phi) is 64.9. The molecule has 2 atom stereocenters. The zero-order valence-electron chi connectivity index (χ0n) is 52.0. The van der Waals surface area contributed by atoms with Gasteiger partial charge in [-0.2, -0.15) is 0 Å². The van der Waals surface area contributed by atoms with Crippen molar-refractivity contribution in [3.8, 4) is 0 Å². The molecule has 2 unspecified atom stereocenters. The molecule has 77 heavy (non-hydrogen) atoms. The van der Waals surface area contributed by atoms with E-state index in [1.807, 2.05) is 6.08 Å². The first-order chi connectivity index (χ1) is 38.0. The lowest BCUT2D eigenvalue weighted by molar-refractivity contribution is -0.143. The van der Waals surface area contributed by atoms with Crippen molar-refractivity contribution in [2.45, 2.75) is 392 Å². The lowest BCUT2D eigenvalue weighted by Crippen LogP contribution is -2.45. The number of aliphatic hydroxyl groups is 2. The van der Waals surface area contributed by atoms with Crippen LogP contribution in [0.15, 0.2) is 36.5 Å². The van der Waals surface area contributed by atoms with Crippen LogP contribution in [0.1, 0.15) is 380 Å². The second kappa shape index (κ2) is 66.6. The first-order valence-electron chi connectivity index (χ1n) is 34.8. The number of nitrogens with one attached hydrogen (secondary N) is 1. The highest BCUT2D eigenvalue weighted by atomic mass is 16.5. The molecule has 0 fully saturated rings. The molecule has 6 heteroatoms. The van der Waals surface area contributed by atoms with Crippen LogP contribution in [-0.4, -0.2) is 47.4 Å². The third kappa shape index (κ3) is 63.1. The maximum atomic E-state index is 12.5. The highest BCUT2D eigenvalue weighted by Crippen LogP contribution is 2.19. The van der Waals surface area contributed by atoms with Gasteiger partial charge in [0.05, 0.1) is 25.4 Å². The molecule has 1 amide bonds. The van der Waals surface area contributed by atoms with Gasteiger partial charge in [-0.3, -0.25) is 9.59 Å². The van der Waals surface area contributed by atoms with E-state index in [0.29, 0.717) is 19.4 Å². The van der Waals surface area contributed by atoms with Crippen molar-refractivity contribution in [3.63, 3.8) is 0 Å². The normalized spacial score (nSPS) is 12.7. The Morgan fingerprint density at radius 1 is 0.364 bits per heavy atom. The number of carbonyl (C=O) groups is 2. The van der Waals surface area contributed by atoms with Gasteiger partial charge in [0.15, 0.2) is 0 Å². The van der Waals surface area contributed by atoms with E-state index >= 15 is 0 Å². The van der Waals surface area contributed by atoms with E-state index in [2.05, 4.69) is 43.5 Å². The Morgan fingerprint density at radius 3 is 1.04 bits per heavy atom. The zero-order chi connectivity index (χ0) is 55.7. The maximum absolute atomic E-state index is 12.5. The van der Waals surface area contributed by atoms with Crippen molar-refractivity contribution < 1.29 is 24.5 Å². The van der Waals surface area contributed by atoms with Crippen molar-refractivity contribution in [2.24, 2.45) is 0 Å². The van der Waals surface area contributed by atoms with Crippen LogP contribution in [0.3, 0.4) is 0 Å². The van der Waals surface area contributed by atoms with E-state index in [9.17, 15) is 19.8 Å². The summed E-state index contributed by atoms with van der Waals surface area (Å²) in [6.45, 7) is 4.86.